The third-order valence-corrected chi connectivity index (χ3v) is 5.38. The van der Waals surface area contributed by atoms with Crippen molar-refractivity contribution in [3.05, 3.63) is 38.9 Å². The number of hydrogen-bond donors (Lipinski definition) is 1. The Balaban J connectivity index is 0.00000156. The predicted octanol–water partition coefficient (Wildman–Crippen LogP) is 4.62. The van der Waals surface area contributed by atoms with E-state index in [-0.39, 0.29) is 41.5 Å². The number of hydrogen-bond acceptors (Lipinski definition) is 4. The molecule has 1 aromatic rings. The molecule has 0 unspecified atom stereocenters. The van der Waals surface area contributed by atoms with E-state index in [0.717, 1.165) is 44.6 Å². The first-order valence-electron chi connectivity index (χ1n) is 8.55. The van der Waals surface area contributed by atoms with Crippen LogP contribution >= 0.6 is 36.4 Å². The molecule has 0 radical (unpaired) electrons. The second-order valence-corrected chi connectivity index (χ2v) is 7.03. The Kier molecular flexibility index (Phi) is 9.46. The molecule has 25 heavy (non-hydrogen) atoms. The fourth-order valence-electron chi connectivity index (χ4n) is 4.09. The molecule has 142 valence electrons. The maximum Gasteiger partial charge on any atom is 0.274 e. The monoisotopic (exact) mass is 409 g/mol. The van der Waals surface area contributed by atoms with Crippen molar-refractivity contribution in [2.45, 2.75) is 38.1 Å². The van der Waals surface area contributed by atoms with E-state index in [2.05, 4.69) is 10.2 Å². The molecule has 1 N–H and O–H groups in total. The van der Waals surface area contributed by atoms with Crippen molar-refractivity contribution in [3.8, 4) is 0 Å². The van der Waals surface area contributed by atoms with Gasteiger partial charge in [0.2, 0.25) is 0 Å². The molecule has 0 spiro atoms. The van der Waals surface area contributed by atoms with Crippen molar-refractivity contribution in [1.29, 1.82) is 0 Å². The Morgan fingerprint density at radius 3 is 2.40 bits per heavy atom. The van der Waals surface area contributed by atoms with Gasteiger partial charge >= 0.3 is 0 Å². The van der Waals surface area contributed by atoms with E-state index in [0.29, 0.717) is 10.9 Å². The highest BCUT2D eigenvalue weighted by atomic mass is 35.5. The lowest BCUT2D eigenvalue weighted by molar-refractivity contribution is -0.386. The quantitative estimate of drug-likeness (QED) is 0.581. The summed E-state index contributed by atoms with van der Waals surface area (Å²) >= 11 is 6.19. The Labute approximate surface area is 166 Å². The van der Waals surface area contributed by atoms with Gasteiger partial charge in [0, 0.05) is 48.9 Å². The topological polar surface area (TPSA) is 58.4 Å². The fourth-order valence-corrected chi connectivity index (χ4v) is 4.27. The van der Waals surface area contributed by atoms with Gasteiger partial charge in [-0.2, -0.15) is 0 Å². The maximum absolute atomic E-state index is 11.5. The second-order valence-electron chi connectivity index (χ2n) is 6.59. The molecular formula is C17H26Cl3N3O2. The standard InChI is InChI=1S/C17H24ClN3O2.2ClH/c18-14-6-7-16(21(22)23)15(12-14)17(13-4-2-1-3-5-13)20-10-8-19-9-11-20;;/h6-7,12-13,17,19H,1-5,8-11H2;2*1H/t17-;;/m1../s1. The second kappa shape index (κ2) is 10.5. The van der Waals surface area contributed by atoms with Crippen molar-refractivity contribution in [2.75, 3.05) is 26.2 Å². The van der Waals surface area contributed by atoms with Crippen LogP contribution < -0.4 is 5.32 Å². The van der Waals surface area contributed by atoms with E-state index >= 15 is 0 Å². The van der Waals surface area contributed by atoms with Gasteiger partial charge < -0.3 is 5.32 Å². The fraction of sp³-hybridized carbons (Fsp3) is 0.647. The van der Waals surface area contributed by atoms with Crippen LogP contribution in [0.4, 0.5) is 5.69 Å². The SMILES string of the molecule is Cl.Cl.O=[N+]([O-])c1ccc(Cl)cc1[C@@H](C1CCCCC1)N1CCNCC1. The van der Waals surface area contributed by atoms with E-state index in [1.54, 1.807) is 12.1 Å². The predicted molar refractivity (Wildman–Crippen MR) is 106 cm³/mol. The molecule has 1 heterocycles. The van der Waals surface area contributed by atoms with Gasteiger partial charge in [-0.15, -0.1) is 24.8 Å². The van der Waals surface area contributed by atoms with E-state index in [1.165, 1.54) is 19.3 Å². The van der Waals surface area contributed by atoms with Crippen LogP contribution in [-0.4, -0.2) is 36.0 Å². The third-order valence-electron chi connectivity index (χ3n) is 5.15. The first kappa shape index (κ1) is 22.5. The highest BCUT2D eigenvalue weighted by Gasteiger charge is 2.35. The first-order chi connectivity index (χ1) is 11.2. The minimum atomic E-state index is -0.260. The number of piperazine rings is 1. The molecule has 1 aliphatic carbocycles. The molecule has 2 fully saturated rings. The molecule has 1 aromatic carbocycles. The van der Waals surface area contributed by atoms with E-state index in [9.17, 15) is 10.1 Å². The normalized spacial score (nSPS) is 20.2. The number of rotatable bonds is 4. The summed E-state index contributed by atoms with van der Waals surface area (Å²) in [5, 5.41) is 15.5. The Hall–Kier alpha value is -0.590. The average molecular weight is 411 g/mol. The summed E-state index contributed by atoms with van der Waals surface area (Å²) in [6, 6.07) is 5.12. The van der Waals surface area contributed by atoms with E-state index in [4.69, 9.17) is 11.6 Å². The van der Waals surface area contributed by atoms with Gasteiger partial charge in [0.1, 0.15) is 0 Å². The number of nitro groups is 1. The number of nitrogens with zero attached hydrogens (tertiary/aromatic N) is 2. The first-order valence-corrected chi connectivity index (χ1v) is 8.93. The number of nitro benzene ring substituents is 1. The van der Waals surface area contributed by atoms with Gasteiger partial charge in [-0.1, -0.05) is 30.9 Å². The summed E-state index contributed by atoms with van der Waals surface area (Å²) < 4.78 is 0. The molecule has 1 aliphatic heterocycles. The lowest BCUT2D eigenvalue weighted by Crippen LogP contribution is -2.47. The molecule has 1 saturated carbocycles. The number of benzene rings is 1. The highest BCUT2D eigenvalue weighted by molar-refractivity contribution is 6.30. The van der Waals surface area contributed by atoms with E-state index < -0.39 is 0 Å². The van der Waals surface area contributed by atoms with Crippen molar-refractivity contribution in [1.82, 2.24) is 10.2 Å². The summed E-state index contributed by atoms with van der Waals surface area (Å²) in [5.41, 5.74) is 1.01. The minimum Gasteiger partial charge on any atom is -0.314 e. The maximum atomic E-state index is 11.5. The molecule has 5 nitrogen and oxygen atoms in total. The van der Waals surface area contributed by atoms with Gasteiger partial charge in [0.25, 0.3) is 5.69 Å². The summed E-state index contributed by atoms with van der Waals surface area (Å²) in [4.78, 5) is 13.7. The molecule has 0 bridgehead atoms. The van der Waals surface area contributed by atoms with Crippen LogP contribution in [0.5, 0.6) is 0 Å². The molecular weight excluding hydrogens is 385 g/mol. The molecule has 0 aromatic heterocycles. The summed E-state index contributed by atoms with van der Waals surface area (Å²) in [5.74, 6) is 0.485. The summed E-state index contributed by atoms with van der Waals surface area (Å²) in [7, 11) is 0. The largest absolute Gasteiger partial charge is 0.314 e. The molecule has 8 heteroatoms. The van der Waals surface area contributed by atoms with Crippen LogP contribution in [0.15, 0.2) is 18.2 Å². The van der Waals surface area contributed by atoms with Crippen LogP contribution in [0.1, 0.15) is 43.7 Å². The third kappa shape index (κ3) is 5.44. The van der Waals surface area contributed by atoms with Gasteiger partial charge in [-0.25, -0.2) is 0 Å². The van der Waals surface area contributed by atoms with Crippen LogP contribution in [0.3, 0.4) is 0 Å². The highest BCUT2D eigenvalue weighted by Crippen LogP contribution is 2.42. The lowest BCUT2D eigenvalue weighted by Gasteiger charge is -2.41. The molecule has 1 saturated heterocycles. The van der Waals surface area contributed by atoms with Crippen LogP contribution in [0.25, 0.3) is 0 Å². The lowest BCUT2D eigenvalue weighted by atomic mass is 9.79. The summed E-state index contributed by atoms with van der Waals surface area (Å²) in [6.45, 7) is 3.75. The van der Waals surface area contributed by atoms with Gasteiger partial charge in [-0.05, 0) is 30.9 Å². The Morgan fingerprint density at radius 2 is 1.80 bits per heavy atom. The molecule has 0 amide bonds. The van der Waals surface area contributed by atoms with Gasteiger partial charge in [0.05, 0.1) is 4.92 Å². The molecule has 1 atom stereocenters. The average Bonchev–Trinajstić information content (AvgIpc) is 2.57. The van der Waals surface area contributed by atoms with Crippen molar-refractivity contribution in [3.63, 3.8) is 0 Å². The van der Waals surface area contributed by atoms with Crippen LogP contribution in [0.2, 0.25) is 5.02 Å². The Bertz CT molecular complexity index is 544. The van der Waals surface area contributed by atoms with Crippen LogP contribution in [-0.2, 0) is 0 Å². The molecule has 2 aliphatic rings. The van der Waals surface area contributed by atoms with Crippen LogP contribution in [0, 0.1) is 16.0 Å². The van der Waals surface area contributed by atoms with Gasteiger partial charge in [0.15, 0.2) is 0 Å². The zero-order valence-corrected chi connectivity index (χ0v) is 16.5. The summed E-state index contributed by atoms with van der Waals surface area (Å²) in [6.07, 6.45) is 6.03. The number of nitrogens with one attached hydrogen (secondary N) is 1. The Morgan fingerprint density at radius 1 is 1.16 bits per heavy atom. The minimum absolute atomic E-state index is 0. The van der Waals surface area contributed by atoms with E-state index in [1.807, 2.05) is 6.07 Å². The number of halogens is 3. The zero-order chi connectivity index (χ0) is 16.2. The van der Waals surface area contributed by atoms with Crippen molar-refractivity contribution >= 4 is 42.1 Å². The zero-order valence-electron chi connectivity index (χ0n) is 14.2. The smallest absolute Gasteiger partial charge is 0.274 e. The van der Waals surface area contributed by atoms with Crippen molar-refractivity contribution < 1.29 is 4.92 Å². The van der Waals surface area contributed by atoms with Gasteiger partial charge in [-0.3, -0.25) is 15.0 Å². The molecule has 3 rings (SSSR count). The van der Waals surface area contributed by atoms with Crippen molar-refractivity contribution in [2.24, 2.45) is 5.92 Å².